The van der Waals surface area contributed by atoms with Crippen LogP contribution in [0.15, 0.2) is 332 Å². The lowest BCUT2D eigenvalue weighted by molar-refractivity contribution is 0.669. The van der Waals surface area contributed by atoms with Crippen LogP contribution in [-0.2, 0) is 0 Å². The van der Waals surface area contributed by atoms with Gasteiger partial charge in [0.15, 0.2) is 34.9 Å². The number of para-hydroxylation sites is 1. The summed E-state index contributed by atoms with van der Waals surface area (Å²) in [5.74, 6) is 3.81. The van der Waals surface area contributed by atoms with Gasteiger partial charge in [-0.1, -0.05) is 231 Å². The maximum Gasteiger partial charge on any atom is 0.164 e. The third-order valence-corrected chi connectivity index (χ3v) is 21.3. The third kappa shape index (κ3) is 9.87. The first-order chi connectivity index (χ1) is 51.5. The molecule has 0 aliphatic heterocycles. The molecule has 8 aromatic heterocycles. The van der Waals surface area contributed by atoms with Gasteiger partial charge in [0, 0.05) is 98.3 Å². The number of imidazole rings is 2. The first kappa shape index (κ1) is 59.0. The number of nitrogens with zero attached hydrogens (tertiary/aromatic N) is 10. The van der Waals surface area contributed by atoms with Gasteiger partial charge in [-0.05, 0) is 129 Å². The lowest BCUT2D eigenvalue weighted by Crippen LogP contribution is -2.00. The average molecular weight is 1350 g/mol. The van der Waals surface area contributed by atoms with E-state index in [4.69, 9.17) is 44.3 Å². The number of fused-ring (bicyclic) bond motifs is 22. The molecule has 0 saturated carbocycles. The molecule has 0 unspecified atom stereocenters. The van der Waals surface area contributed by atoms with E-state index in [-0.39, 0.29) is 0 Å². The molecule has 0 saturated heterocycles. The Kier molecular flexibility index (Phi) is 13.5. The fourth-order valence-corrected chi connectivity index (χ4v) is 16.2. The van der Waals surface area contributed by atoms with Crippen LogP contribution in [0, 0.1) is 0 Å². The van der Waals surface area contributed by atoms with Gasteiger partial charge >= 0.3 is 0 Å². The van der Waals surface area contributed by atoms with E-state index in [2.05, 4.69) is 234 Å². The predicted octanol–water partition coefficient (Wildman–Crippen LogP) is 23.6. The highest BCUT2D eigenvalue weighted by atomic mass is 32.1. The van der Waals surface area contributed by atoms with Crippen molar-refractivity contribution in [2.45, 2.75) is 0 Å². The molecule has 104 heavy (non-hydrogen) atoms. The molecule has 22 rings (SSSR count). The summed E-state index contributed by atoms with van der Waals surface area (Å²) in [4.78, 5) is 40.1. The zero-order valence-corrected chi connectivity index (χ0v) is 56.3. The third-order valence-electron chi connectivity index (χ3n) is 20.1. The normalized spacial score (nSPS) is 11.8. The summed E-state index contributed by atoms with van der Waals surface area (Å²) in [5.41, 5.74) is 18.0. The second kappa shape index (κ2) is 23.9. The summed E-state index contributed by atoms with van der Waals surface area (Å²) in [5, 5.41) is 14.1. The van der Waals surface area contributed by atoms with Crippen LogP contribution in [0.3, 0.4) is 0 Å². The summed E-state index contributed by atoms with van der Waals surface area (Å²) in [6.45, 7) is 0. The van der Waals surface area contributed by atoms with Gasteiger partial charge in [-0.15, -0.1) is 11.3 Å². The molecule has 0 aliphatic carbocycles. The molecule has 11 nitrogen and oxygen atoms in total. The standard InChI is InChI=1S/C46H27N5O.C46H27N5S/c2*1-2-10-29(11-3-1)44-48-45(50-46(49-44)32-22-24-40-38(27-32)34-13-6-7-15-39(34)52-40)30-19-17-28(18-20-30)31-21-23-36-37(26-31)33-12-4-5-14-35(33)42-43(36)51-25-9-8-16-41(51)47-42/h2*1-27H. The zero-order chi connectivity index (χ0) is 68.3. The minimum Gasteiger partial charge on any atom is -0.456 e. The monoisotopic (exact) mass is 1350 g/mol. The van der Waals surface area contributed by atoms with Crippen LogP contribution < -0.4 is 0 Å². The van der Waals surface area contributed by atoms with Crippen molar-refractivity contribution in [3.05, 3.63) is 328 Å². The lowest BCUT2D eigenvalue weighted by atomic mass is 9.95. The van der Waals surface area contributed by atoms with Gasteiger partial charge in [-0.2, -0.15) is 0 Å². The summed E-state index contributed by atoms with van der Waals surface area (Å²) in [6.07, 6.45) is 4.20. The average Bonchev–Trinajstić information content (AvgIpc) is 1.51. The van der Waals surface area contributed by atoms with E-state index in [0.29, 0.717) is 34.9 Å². The second-order valence-electron chi connectivity index (χ2n) is 26.2. The molecule has 12 heteroatoms. The molecule has 22 aromatic rings. The number of hydrogen-bond donors (Lipinski definition) is 0. The summed E-state index contributed by atoms with van der Waals surface area (Å²) < 4.78 is 13.0. The molecular formula is C92H54N10OS. The van der Waals surface area contributed by atoms with Gasteiger partial charge in [0.05, 0.1) is 22.1 Å². The molecule has 0 atom stereocenters. The highest BCUT2D eigenvalue weighted by Gasteiger charge is 2.21. The Labute approximate surface area is 597 Å². The Balaban J connectivity index is 0.000000134. The van der Waals surface area contributed by atoms with Crippen molar-refractivity contribution in [3.8, 4) is 90.6 Å². The summed E-state index contributed by atoms with van der Waals surface area (Å²) in [7, 11) is 0. The molecule has 484 valence electrons. The fraction of sp³-hybridized carbons (Fsp3) is 0. The SMILES string of the molecule is c1ccc(-c2nc(-c3ccc(-c4ccc5c(c4)c4ccccc4c4nc6ccccn6c54)cc3)nc(-c3ccc4oc5ccccc5c4c3)n2)cc1.c1ccc(-c2nc(-c3ccc(-c4ccc5c(c4)c4ccccc4c4nc6ccccn6c54)cc3)nc(-c3ccc4sc5ccccc5c4c3)n2)cc1. The Morgan fingerprint density at radius 1 is 0.212 bits per heavy atom. The fourth-order valence-electron chi connectivity index (χ4n) is 15.1. The van der Waals surface area contributed by atoms with Crippen LogP contribution in [0.2, 0.25) is 0 Å². The van der Waals surface area contributed by atoms with Gasteiger partial charge in [-0.3, -0.25) is 8.80 Å². The number of benzene rings is 14. The van der Waals surface area contributed by atoms with E-state index in [1.165, 1.54) is 52.5 Å². The number of thiophene rings is 1. The molecule has 8 heterocycles. The first-order valence-corrected chi connectivity index (χ1v) is 35.4. The van der Waals surface area contributed by atoms with E-state index in [0.717, 1.165) is 122 Å². The van der Waals surface area contributed by atoms with Gasteiger partial charge in [0.25, 0.3) is 0 Å². The van der Waals surface area contributed by atoms with Crippen molar-refractivity contribution < 1.29 is 4.42 Å². The van der Waals surface area contributed by atoms with Gasteiger partial charge in [0.1, 0.15) is 22.5 Å². The van der Waals surface area contributed by atoms with E-state index < -0.39 is 0 Å². The molecule has 0 N–H and O–H groups in total. The summed E-state index contributed by atoms with van der Waals surface area (Å²) >= 11 is 1.81. The number of rotatable bonds is 8. The Morgan fingerprint density at radius 2 is 0.567 bits per heavy atom. The maximum atomic E-state index is 6.10. The minimum absolute atomic E-state index is 0.611. The number of aromatic nitrogens is 10. The Bertz CT molecular complexity index is 6800. The second-order valence-corrected chi connectivity index (χ2v) is 27.3. The van der Waals surface area contributed by atoms with Crippen LogP contribution in [0.5, 0.6) is 0 Å². The number of furan rings is 1. The van der Waals surface area contributed by atoms with E-state index in [9.17, 15) is 0 Å². The smallest absolute Gasteiger partial charge is 0.164 e. The molecule has 0 aliphatic rings. The van der Waals surface area contributed by atoms with Crippen molar-refractivity contribution in [1.29, 1.82) is 0 Å². The lowest BCUT2D eigenvalue weighted by Gasteiger charge is -2.11. The van der Waals surface area contributed by atoms with Gasteiger partial charge < -0.3 is 4.42 Å². The Hall–Kier alpha value is -13.9. The highest BCUT2D eigenvalue weighted by Crippen LogP contribution is 2.42. The van der Waals surface area contributed by atoms with E-state index in [1.54, 1.807) is 0 Å². The van der Waals surface area contributed by atoms with Crippen molar-refractivity contribution in [1.82, 2.24) is 48.7 Å². The minimum atomic E-state index is 0.611. The van der Waals surface area contributed by atoms with Gasteiger partial charge in [-0.25, -0.2) is 39.9 Å². The molecule has 0 radical (unpaired) electrons. The van der Waals surface area contributed by atoms with Crippen LogP contribution in [-0.4, -0.2) is 48.7 Å². The van der Waals surface area contributed by atoms with Crippen molar-refractivity contribution in [2.24, 2.45) is 0 Å². The van der Waals surface area contributed by atoms with Crippen LogP contribution in [0.4, 0.5) is 0 Å². The molecule has 0 bridgehead atoms. The van der Waals surface area contributed by atoms with E-state index >= 15 is 0 Å². The van der Waals surface area contributed by atoms with Crippen LogP contribution >= 0.6 is 11.3 Å². The van der Waals surface area contributed by atoms with E-state index in [1.807, 2.05) is 114 Å². The molecule has 0 fully saturated rings. The predicted molar refractivity (Wildman–Crippen MR) is 426 cm³/mol. The zero-order valence-electron chi connectivity index (χ0n) is 55.5. The van der Waals surface area contributed by atoms with Crippen molar-refractivity contribution in [3.63, 3.8) is 0 Å². The van der Waals surface area contributed by atoms with Crippen LogP contribution in [0.25, 0.3) is 209 Å². The molecule has 14 aromatic carbocycles. The topological polar surface area (TPSA) is 125 Å². The first-order valence-electron chi connectivity index (χ1n) is 34.6. The number of pyridine rings is 2. The molecule has 0 amide bonds. The molecule has 0 spiro atoms. The van der Waals surface area contributed by atoms with Crippen LogP contribution in [0.1, 0.15) is 0 Å². The van der Waals surface area contributed by atoms with Crippen molar-refractivity contribution in [2.75, 3.05) is 0 Å². The summed E-state index contributed by atoms with van der Waals surface area (Å²) in [6, 6.07) is 110. The van der Waals surface area contributed by atoms with Gasteiger partial charge in [0.2, 0.25) is 0 Å². The molecular weight excluding hydrogens is 1290 g/mol. The maximum absolute atomic E-state index is 6.10. The quantitative estimate of drug-likeness (QED) is 0.137. The highest BCUT2D eigenvalue weighted by molar-refractivity contribution is 7.25. The Morgan fingerprint density at radius 3 is 1.09 bits per heavy atom. The van der Waals surface area contributed by atoms with Crippen molar-refractivity contribution >= 4 is 130 Å². The number of hydrogen-bond acceptors (Lipinski definition) is 10. The largest absolute Gasteiger partial charge is 0.456 e.